The highest BCUT2D eigenvalue weighted by Gasteiger charge is 2.10. The molecule has 0 radical (unpaired) electrons. The molecule has 0 aliphatic heterocycles. The summed E-state index contributed by atoms with van der Waals surface area (Å²) in [5, 5.41) is 18.2. The van der Waals surface area contributed by atoms with Crippen molar-refractivity contribution in [2.75, 3.05) is 12.0 Å². The second kappa shape index (κ2) is 6.56. The summed E-state index contributed by atoms with van der Waals surface area (Å²) in [6.07, 6.45) is 1.52. The van der Waals surface area contributed by atoms with E-state index in [1.54, 1.807) is 34.9 Å². The third-order valence-electron chi connectivity index (χ3n) is 2.39. The van der Waals surface area contributed by atoms with Gasteiger partial charge in [-0.15, -0.1) is 10.2 Å². The summed E-state index contributed by atoms with van der Waals surface area (Å²) in [5.41, 5.74) is 2.15. The molecule has 3 nitrogen and oxygen atoms in total. The van der Waals surface area contributed by atoms with Crippen molar-refractivity contribution in [3.8, 4) is 0 Å². The van der Waals surface area contributed by atoms with Crippen LogP contribution in [0.2, 0.25) is 0 Å². The van der Waals surface area contributed by atoms with E-state index in [2.05, 4.69) is 10.2 Å². The molecule has 1 unspecified atom stereocenters. The summed E-state index contributed by atoms with van der Waals surface area (Å²) in [5.74, 6) is 0.603. The smallest absolute Gasteiger partial charge is 0.175 e. The molecule has 1 atom stereocenters. The zero-order valence-electron chi connectivity index (χ0n) is 10.2. The van der Waals surface area contributed by atoms with Crippen LogP contribution in [0.25, 0.3) is 0 Å². The highest BCUT2D eigenvalue weighted by atomic mass is 32.2. The number of benzene rings is 1. The number of aromatic nitrogens is 2. The van der Waals surface area contributed by atoms with Crippen LogP contribution in [0.4, 0.5) is 0 Å². The van der Waals surface area contributed by atoms with Gasteiger partial charge in [0.25, 0.3) is 0 Å². The molecule has 0 saturated carbocycles. The minimum Gasteiger partial charge on any atom is -0.388 e. The molecule has 2 rings (SSSR count). The zero-order valence-corrected chi connectivity index (χ0v) is 12.6. The van der Waals surface area contributed by atoms with Crippen molar-refractivity contribution in [3.05, 3.63) is 35.4 Å². The Morgan fingerprint density at radius 1 is 1.22 bits per heavy atom. The summed E-state index contributed by atoms with van der Waals surface area (Å²) in [6.45, 7) is 2.04. The topological polar surface area (TPSA) is 46.0 Å². The predicted molar refractivity (Wildman–Crippen MR) is 78.6 cm³/mol. The van der Waals surface area contributed by atoms with Crippen LogP contribution < -0.4 is 0 Å². The van der Waals surface area contributed by atoms with E-state index in [0.29, 0.717) is 5.75 Å². The molecule has 1 heterocycles. The molecule has 0 aliphatic carbocycles. The van der Waals surface area contributed by atoms with Gasteiger partial charge in [-0.1, -0.05) is 64.7 Å². The number of hydrogen-bond acceptors (Lipinski definition) is 6. The molecular weight excluding hydrogens is 284 g/mol. The number of hydrogen-bond donors (Lipinski definition) is 1. The lowest BCUT2D eigenvalue weighted by Gasteiger charge is -2.09. The molecule has 0 fully saturated rings. The fourth-order valence-corrected chi connectivity index (χ4v) is 3.80. The first-order valence-corrected chi connectivity index (χ1v) is 8.46. The van der Waals surface area contributed by atoms with Crippen LogP contribution in [0.3, 0.4) is 0 Å². The van der Waals surface area contributed by atoms with Gasteiger partial charge in [-0.3, -0.25) is 0 Å². The number of thioether (sulfide) groups is 2. The Balaban J connectivity index is 1.91. The molecule has 1 aromatic carbocycles. The highest BCUT2D eigenvalue weighted by molar-refractivity contribution is 8.02. The summed E-state index contributed by atoms with van der Waals surface area (Å²) in [6, 6.07) is 7.96. The van der Waals surface area contributed by atoms with Gasteiger partial charge in [-0.05, 0) is 18.7 Å². The van der Waals surface area contributed by atoms with Gasteiger partial charge in [0.05, 0.1) is 6.10 Å². The van der Waals surface area contributed by atoms with E-state index in [1.807, 2.05) is 37.4 Å². The van der Waals surface area contributed by atoms with E-state index in [4.69, 9.17) is 0 Å². The largest absolute Gasteiger partial charge is 0.388 e. The lowest BCUT2D eigenvalue weighted by Crippen LogP contribution is -2.00. The van der Waals surface area contributed by atoms with Gasteiger partial charge in [0, 0.05) is 5.75 Å². The van der Waals surface area contributed by atoms with Gasteiger partial charge >= 0.3 is 0 Å². The van der Waals surface area contributed by atoms with E-state index in [1.165, 1.54) is 5.56 Å². The van der Waals surface area contributed by atoms with Gasteiger partial charge < -0.3 is 5.11 Å². The van der Waals surface area contributed by atoms with Crippen molar-refractivity contribution >= 4 is 34.9 Å². The van der Waals surface area contributed by atoms with Crippen LogP contribution in [0.15, 0.2) is 32.9 Å². The van der Waals surface area contributed by atoms with Crippen LogP contribution >= 0.6 is 34.9 Å². The standard InChI is InChI=1S/C12H14N2OS3/c1-8-3-5-9(6-4-8)10(15)7-17-12-14-13-11(16-2)18-12/h3-6,10,15H,7H2,1-2H3. The third-order valence-corrected chi connectivity index (χ3v) is 5.50. The van der Waals surface area contributed by atoms with Gasteiger partial charge in [-0.25, -0.2) is 0 Å². The lowest BCUT2D eigenvalue weighted by atomic mass is 10.1. The number of aliphatic hydroxyl groups is 1. The Bertz CT molecular complexity index is 498. The summed E-state index contributed by atoms with van der Waals surface area (Å²) >= 11 is 4.70. The maximum absolute atomic E-state index is 10.1. The third kappa shape index (κ3) is 3.71. The Kier molecular flexibility index (Phi) is 5.05. The summed E-state index contributed by atoms with van der Waals surface area (Å²) < 4.78 is 1.87. The van der Waals surface area contributed by atoms with Gasteiger partial charge in [0.1, 0.15) is 0 Å². The minimum atomic E-state index is -0.461. The van der Waals surface area contributed by atoms with Crippen molar-refractivity contribution in [1.29, 1.82) is 0 Å². The number of aryl methyl sites for hydroxylation is 1. The second-order valence-corrected chi connectivity index (χ2v) is 7.07. The molecule has 0 bridgehead atoms. The van der Waals surface area contributed by atoms with Crippen molar-refractivity contribution in [3.63, 3.8) is 0 Å². The van der Waals surface area contributed by atoms with Crippen LogP contribution in [-0.2, 0) is 0 Å². The first-order valence-electron chi connectivity index (χ1n) is 5.44. The maximum Gasteiger partial charge on any atom is 0.175 e. The Hall–Kier alpha value is -0.560. The molecule has 18 heavy (non-hydrogen) atoms. The summed E-state index contributed by atoms with van der Waals surface area (Å²) in [7, 11) is 0. The molecule has 6 heteroatoms. The van der Waals surface area contributed by atoms with Crippen molar-refractivity contribution in [2.24, 2.45) is 0 Å². The van der Waals surface area contributed by atoms with E-state index < -0.39 is 6.10 Å². The summed E-state index contributed by atoms with van der Waals surface area (Å²) in [4.78, 5) is 0. The van der Waals surface area contributed by atoms with Gasteiger partial charge in [0.15, 0.2) is 8.68 Å². The second-order valence-electron chi connectivity index (χ2n) is 3.78. The average molecular weight is 298 g/mol. The Morgan fingerprint density at radius 2 is 1.89 bits per heavy atom. The van der Waals surface area contributed by atoms with Crippen LogP contribution in [0.5, 0.6) is 0 Å². The predicted octanol–water partition coefficient (Wildman–Crippen LogP) is 3.39. The quantitative estimate of drug-likeness (QED) is 0.857. The highest BCUT2D eigenvalue weighted by Crippen LogP contribution is 2.30. The van der Waals surface area contributed by atoms with Crippen LogP contribution in [0.1, 0.15) is 17.2 Å². The van der Waals surface area contributed by atoms with Gasteiger partial charge in [-0.2, -0.15) is 0 Å². The Labute approximate surface area is 119 Å². The molecule has 1 aromatic heterocycles. The first-order chi connectivity index (χ1) is 8.69. The normalized spacial score (nSPS) is 12.6. The maximum atomic E-state index is 10.1. The molecule has 96 valence electrons. The molecule has 1 N–H and O–H groups in total. The fraction of sp³-hybridized carbons (Fsp3) is 0.333. The fourth-order valence-electron chi connectivity index (χ4n) is 1.37. The Morgan fingerprint density at radius 3 is 2.50 bits per heavy atom. The van der Waals surface area contributed by atoms with Crippen LogP contribution in [-0.4, -0.2) is 27.3 Å². The molecule has 0 amide bonds. The molecule has 0 saturated heterocycles. The first kappa shape index (κ1) is 13.9. The van der Waals surface area contributed by atoms with E-state index in [-0.39, 0.29) is 0 Å². The minimum absolute atomic E-state index is 0.461. The van der Waals surface area contributed by atoms with Gasteiger partial charge in [0.2, 0.25) is 0 Å². The number of rotatable bonds is 5. The zero-order chi connectivity index (χ0) is 13.0. The van der Waals surface area contributed by atoms with E-state index in [0.717, 1.165) is 14.2 Å². The molecule has 0 aliphatic rings. The van der Waals surface area contributed by atoms with E-state index in [9.17, 15) is 5.11 Å². The lowest BCUT2D eigenvalue weighted by molar-refractivity contribution is 0.204. The van der Waals surface area contributed by atoms with E-state index >= 15 is 0 Å². The number of aliphatic hydroxyl groups excluding tert-OH is 1. The average Bonchev–Trinajstić information content (AvgIpc) is 2.85. The number of nitrogens with zero attached hydrogens (tertiary/aromatic N) is 2. The molecule has 0 spiro atoms. The van der Waals surface area contributed by atoms with Crippen molar-refractivity contribution in [2.45, 2.75) is 21.7 Å². The van der Waals surface area contributed by atoms with Crippen LogP contribution in [0, 0.1) is 6.92 Å². The van der Waals surface area contributed by atoms with Crippen molar-refractivity contribution in [1.82, 2.24) is 10.2 Å². The SMILES string of the molecule is CSc1nnc(SCC(O)c2ccc(C)cc2)s1. The monoisotopic (exact) mass is 298 g/mol. The van der Waals surface area contributed by atoms with Crippen molar-refractivity contribution < 1.29 is 5.11 Å². The molecule has 2 aromatic rings. The molecular formula is C12H14N2OS3.